The molecule has 0 aromatic heterocycles. The van der Waals surface area contributed by atoms with Gasteiger partial charge in [0.15, 0.2) is 0 Å². The van der Waals surface area contributed by atoms with Crippen LogP contribution in [0.15, 0.2) is 59.5 Å². The maximum absolute atomic E-state index is 14.6. The van der Waals surface area contributed by atoms with Crippen molar-refractivity contribution in [2.24, 2.45) is 17.3 Å². The Morgan fingerprint density at radius 1 is 1.27 bits per heavy atom. The zero-order valence-corrected chi connectivity index (χ0v) is 15.0. The molecule has 0 radical (unpaired) electrons. The zero-order chi connectivity index (χ0) is 16.8. The number of allylic oxidation sites excluding steroid dienone is 10. The molecular weight excluding hydrogens is 271 g/mol. The first-order valence-electron chi connectivity index (χ1n) is 8.34. The SMILES string of the molecule is CC=CC(C)(C(C)C)C1CC(C)=CC(F)=C1C/C=C\C=C/C. The monoisotopic (exact) mass is 302 g/mol. The van der Waals surface area contributed by atoms with Crippen molar-refractivity contribution in [3.63, 3.8) is 0 Å². The summed E-state index contributed by atoms with van der Waals surface area (Å²) in [5.41, 5.74) is 2.06. The highest BCUT2D eigenvalue weighted by molar-refractivity contribution is 5.35. The first kappa shape index (κ1) is 18.7. The van der Waals surface area contributed by atoms with Crippen molar-refractivity contribution < 1.29 is 4.39 Å². The molecule has 22 heavy (non-hydrogen) atoms. The van der Waals surface area contributed by atoms with E-state index in [1.54, 1.807) is 6.08 Å². The summed E-state index contributed by atoms with van der Waals surface area (Å²) < 4.78 is 14.6. The first-order chi connectivity index (χ1) is 10.4. The second-order valence-corrected chi connectivity index (χ2v) is 6.80. The third kappa shape index (κ3) is 4.32. The molecule has 122 valence electrons. The standard InChI is InChI=1S/C21H31F/c1-7-9-10-11-12-18-19(14-17(5)15-20(18)22)21(6,13-8-2)16(3)4/h7-11,13,15-16,19H,12,14H2,1-6H3/b9-7-,11-10-,13-8?. The van der Waals surface area contributed by atoms with Gasteiger partial charge in [-0.25, -0.2) is 4.39 Å². The minimum absolute atomic E-state index is 0.0224. The van der Waals surface area contributed by atoms with E-state index in [1.165, 1.54) is 0 Å². The predicted octanol–water partition coefficient (Wildman–Crippen LogP) is 6.94. The second-order valence-electron chi connectivity index (χ2n) is 6.80. The van der Waals surface area contributed by atoms with E-state index in [2.05, 4.69) is 45.9 Å². The van der Waals surface area contributed by atoms with Crippen LogP contribution < -0.4 is 0 Å². The van der Waals surface area contributed by atoms with Gasteiger partial charge >= 0.3 is 0 Å². The molecule has 1 rings (SSSR count). The highest BCUT2D eigenvalue weighted by Crippen LogP contribution is 2.48. The van der Waals surface area contributed by atoms with E-state index in [1.807, 2.05) is 32.1 Å². The minimum Gasteiger partial charge on any atom is -0.207 e. The maximum Gasteiger partial charge on any atom is 0.122 e. The third-order valence-electron chi connectivity index (χ3n) is 4.92. The van der Waals surface area contributed by atoms with Crippen molar-refractivity contribution in [2.75, 3.05) is 0 Å². The fourth-order valence-corrected chi connectivity index (χ4v) is 3.27. The zero-order valence-electron chi connectivity index (χ0n) is 15.0. The molecule has 1 heteroatoms. The topological polar surface area (TPSA) is 0 Å². The molecular formula is C21H31F. The van der Waals surface area contributed by atoms with Crippen LogP contribution >= 0.6 is 0 Å². The van der Waals surface area contributed by atoms with Gasteiger partial charge in [0.25, 0.3) is 0 Å². The van der Waals surface area contributed by atoms with Gasteiger partial charge in [-0.05, 0) is 62.5 Å². The number of rotatable bonds is 6. The van der Waals surface area contributed by atoms with Crippen LogP contribution in [0.3, 0.4) is 0 Å². The molecule has 0 bridgehead atoms. The molecule has 0 nitrogen and oxygen atoms in total. The first-order valence-corrected chi connectivity index (χ1v) is 8.34. The largest absolute Gasteiger partial charge is 0.207 e. The average Bonchev–Trinajstić information content (AvgIpc) is 2.44. The minimum atomic E-state index is -0.0322. The summed E-state index contributed by atoms with van der Waals surface area (Å²) in [6.07, 6.45) is 15.8. The molecule has 2 atom stereocenters. The van der Waals surface area contributed by atoms with Crippen LogP contribution in [0.5, 0.6) is 0 Å². The van der Waals surface area contributed by atoms with Gasteiger partial charge in [0.1, 0.15) is 5.83 Å². The fraction of sp³-hybridized carbons (Fsp3) is 0.524. The van der Waals surface area contributed by atoms with Crippen LogP contribution in [0.2, 0.25) is 0 Å². The Morgan fingerprint density at radius 3 is 2.50 bits per heavy atom. The van der Waals surface area contributed by atoms with Crippen LogP contribution in [0, 0.1) is 17.3 Å². The Labute approximate surface area is 136 Å². The van der Waals surface area contributed by atoms with Crippen molar-refractivity contribution in [1.29, 1.82) is 0 Å². The molecule has 0 fully saturated rings. The van der Waals surface area contributed by atoms with E-state index >= 15 is 0 Å². The van der Waals surface area contributed by atoms with Crippen molar-refractivity contribution in [3.8, 4) is 0 Å². The molecule has 0 aromatic rings. The maximum atomic E-state index is 14.6. The molecule has 0 saturated heterocycles. The Kier molecular flexibility index (Phi) is 7.06. The Balaban J connectivity index is 3.22. The van der Waals surface area contributed by atoms with Gasteiger partial charge in [-0.15, -0.1) is 0 Å². The lowest BCUT2D eigenvalue weighted by Gasteiger charge is -2.42. The highest BCUT2D eigenvalue weighted by Gasteiger charge is 2.39. The molecule has 0 amide bonds. The summed E-state index contributed by atoms with van der Waals surface area (Å²) in [6, 6.07) is 0. The van der Waals surface area contributed by atoms with E-state index in [0.29, 0.717) is 12.3 Å². The van der Waals surface area contributed by atoms with Gasteiger partial charge in [0.2, 0.25) is 0 Å². The quantitative estimate of drug-likeness (QED) is 0.368. The lowest BCUT2D eigenvalue weighted by molar-refractivity contribution is 0.196. The third-order valence-corrected chi connectivity index (χ3v) is 4.92. The number of halogens is 1. The van der Waals surface area contributed by atoms with Crippen molar-refractivity contribution in [2.45, 2.75) is 54.4 Å². The van der Waals surface area contributed by atoms with Crippen molar-refractivity contribution in [1.82, 2.24) is 0 Å². The lowest BCUT2D eigenvalue weighted by atomic mass is 9.62. The summed E-state index contributed by atoms with van der Waals surface area (Å²) in [5.74, 6) is 0.654. The second kappa shape index (κ2) is 8.31. The summed E-state index contributed by atoms with van der Waals surface area (Å²) in [7, 11) is 0. The normalized spacial score (nSPS) is 23.1. The van der Waals surface area contributed by atoms with Crippen LogP contribution in [0.1, 0.15) is 54.4 Å². The summed E-state index contributed by atoms with van der Waals surface area (Å²) in [5, 5.41) is 0. The van der Waals surface area contributed by atoms with Gasteiger partial charge in [0, 0.05) is 0 Å². The van der Waals surface area contributed by atoms with Crippen molar-refractivity contribution >= 4 is 0 Å². The van der Waals surface area contributed by atoms with E-state index < -0.39 is 0 Å². The van der Waals surface area contributed by atoms with Crippen molar-refractivity contribution in [3.05, 3.63) is 59.5 Å². The molecule has 1 aliphatic rings. The average molecular weight is 302 g/mol. The molecule has 2 unspecified atom stereocenters. The molecule has 0 spiro atoms. The number of hydrogen-bond acceptors (Lipinski definition) is 0. The lowest BCUT2D eigenvalue weighted by Crippen LogP contribution is -2.34. The summed E-state index contributed by atoms with van der Waals surface area (Å²) >= 11 is 0. The molecule has 0 N–H and O–H groups in total. The predicted molar refractivity (Wildman–Crippen MR) is 96.3 cm³/mol. The van der Waals surface area contributed by atoms with Crippen LogP contribution in [-0.4, -0.2) is 0 Å². The van der Waals surface area contributed by atoms with Gasteiger partial charge < -0.3 is 0 Å². The van der Waals surface area contributed by atoms with E-state index in [4.69, 9.17) is 0 Å². The van der Waals surface area contributed by atoms with E-state index in [9.17, 15) is 4.39 Å². The smallest absolute Gasteiger partial charge is 0.122 e. The van der Waals surface area contributed by atoms with Gasteiger partial charge in [-0.2, -0.15) is 0 Å². The van der Waals surface area contributed by atoms with E-state index in [0.717, 1.165) is 17.6 Å². The van der Waals surface area contributed by atoms with E-state index in [-0.39, 0.29) is 17.2 Å². The molecule has 0 aromatic carbocycles. The molecule has 0 saturated carbocycles. The Hall–Kier alpha value is -1.37. The summed E-state index contributed by atoms with van der Waals surface area (Å²) in [4.78, 5) is 0. The number of hydrogen-bond donors (Lipinski definition) is 0. The van der Waals surface area contributed by atoms with Crippen LogP contribution in [-0.2, 0) is 0 Å². The van der Waals surface area contributed by atoms with Gasteiger partial charge in [-0.1, -0.05) is 62.8 Å². The summed E-state index contributed by atoms with van der Waals surface area (Å²) in [6.45, 7) is 12.8. The van der Waals surface area contributed by atoms with Gasteiger partial charge in [0.05, 0.1) is 0 Å². The van der Waals surface area contributed by atoms with Gasteiger partial charge in [-0.3, -0.25) is 0 Å². The van der Waals surface area contributed by atoms with Crippen LogP contribution in [0.25, 0.3) is 0 Å². The fourth-order valence-electron chi connectivity index (χ4n) is 3.27. The highest BCUT2D eigenvalue weighted by atomic mass is 19.1. The molecule has 0 aliphatic heterocycles. The van der Waals surface area contributed by atoms with Crippen LogP contribution in [0.4, 0.5) is 4.39 Å². The molecule has 1 aliphatic carbocycles. The Bertz CT molecular complexity index is 514. The molecule has 0 heterocycles. The Morgan fingerprint density at radius 2 is 1.95 bits per heavy atom.